The van der Waals surface area contributed by atoms with E-state index in [2.05, 4.69) is 4.52 Å². The average molecular weight is 229 g/mol. The Hall–Kier alpha value is -0.0100. The van der Waals surface area contributed by atoms with Gasteiger partial charge < -0.3 is 19.6 Å². The zero-order valence-electron chi connectivity index (χ0n) is 7.70. The molecular weight excluding hydrogens is 215 g/mol. The predicted molar refractivity (Wildman–Crippen MR) is 45.0 cm³/mol. The van der Waals surface area contributed by atoms with Gasteiger partial charge >= 0.3 is 7.82 Å². The Bertz CT molecular complexity index is 189. The van der Waals surface area contributed by atoms with Crippen LogP contribution in [0.4, 0.5) is 0 Å². The average Bonchev–Trinajstić information content (AvgIpc) is 1.99. The molecule has 14 heavy (non-hydrogen) atoms. The van der Waals surface area contributed by atoms with Crippen molar-refractivity contribution in [1.29, 1.82) is 0 Å². The van der Waals surface area contributed by atoms with Gasteiger partial charge in [0.25, 0.3) is 0 Å². The van der Waals surface area contributed by atoms with E-state index in [9.17, 15) is 9.67 Å². The van der Waals surface area contributed by atoms with Crippen molar-refractivity contribution in [1.82, 2.24) is 0 Å². The Morgan fingerprint density at radius 3 is 2.29 bits per heavy atom. The minimum absolute atomic E-state index is 0.0962. The topological polar surface area (TPSA) is 116 Å². The Balaban J connectivity index is 3.75. The van der Waals surface area contributed by atoms with E-state index < -0.39 is 26.6 Å². The van der Waals surface area contributed by atoms with Crippen LogP contribution in [0.3, 0.4) is 0 Å². The fraction of sp³-hybridized carbons (Fsp3) is 1.00. The van der Waals surface area contributed by atoms with Crippen LogP contribution in [0.1, 0.15) is 6.92 Å². The number of phosphoric ester groups is 1. The van der Waals surface area contributed by atoms with Gasteiger partial charge in [-0.25, -0.2) is 9.67 Å². The summed E-state index contributed by atoms with van der Waals surface area (Å²) in [5.74, 6) is 0. The number of phosphoric acid groups is 1. The van der Waals surface area contributed by atoms with E-state index in [1.54, 1.807) is 0 Å². The van der Waals surface area contributed by atoms with E-state index in [1.807, 2.05) is 0 Å². The second-order valence-electron chi connectivity index (χ2n) is 2.75. The third-order valence-electron chi connectivity index (χ3n) is 1.15. The molecule has 3 N–H and O–H groups in total. The Kier molecular flexibility index (Phi) is 6.46. The van der Waals surface area contributed by atoms with E-state index in [0.29, 0.717) is 0 Å². The van der Waals surface area contributed by atoms with Crippen LogP contribution in [0, 0.1) is 0 Å². The minimum Gasteiger partial charge on any atom is -0.394 e. The predicted octanol–water partition coefficient (Wildman–Crippen LogP) is -0.708. The van der Waals surface area contributed by atoms with Crippen LogP contribution in [0.2, 0.25) is 0 Å². The number of ether oxygens (including phenoxy) is 1. The van der Waals surface area contributed by atoms with Gasteiger partial charge in [0.1, 0.15) is 12.2 Å². The van der Waals surface area contributed by atoms with Crippen molar-refractivity contribution in [3.63, 3.8) is 0 Å². The molecule has 0 amide bonds. The summed E-state index contributed by atoms with van der Waals surface area (Å²) in [6.07, 6.45) is -2.04. The largest absolute Gasteiger partial charge is 0.470 e. The fourth-order valence-electron chi connectivity index (χ4n) is 0.676. The van der Waals surface area contributed by atoms with Crippen molar-refractivity contribution >= 4 is 7.82 Å². The van der Waals surface area contributed by atoms with Gasteiger partial charge in [0.15, 0.2) is 0 Å². The molecule has 0 aliphatic carbocycles. The first-order valence-corrected chi connectivity index (χ1v) is 5.46. The lowest BCUT2D eigenvalue weighted by atomic mass is 10.4. The van der Waals surface area contributed by atoms with Gasteiger partial charge in [-0.05, 0) is 6.92 Å². The summed E-state index contributed by atoms with van der Waals surface area (Å²) in [7, 11) is -4.62. The highest BCUT2D eigenvalue weighted by Crippen LogP contribution is 2.37. The molecule has 0 spiro atoms. The molecule has 0 aliphatic rings. The van der Waals surface area contributed by atoms with Crippen molar-refractivity contribution in [2.75, 3.05) is 19.8 Å². The number of hydrogen-bond acceptors (Lipinski definition) is 4. The molecule has 0 fully saturated rings. The highest BCUT2D eigenvalue weighted by atomic mass is 31.2. The molecule has 7 nitrogen and oxygen atoms in total. The van der Waals surface area contributed by atoms with E-state index in [1.165, 1.54) is 6.92 Å². The molecule has 0 bridgehead atoms. The monoisotopic (exact) mass is 229 g/mol. The molecule has 0 heterocycles. The van der Waals surface area contributed by atoms with Gasteiger partial charge in [0.05, 0.1) is 19.8 Å². The van der Waals surface area contributed by atoms with E-state index in [4.69, 9.17) is 19.6 Å². The fourth-order valence-corrected chi connectivity index (χ4v) is 1.19. The van der Waals surface area contributed by atoms with Crippen molar-refractivity contribution in [2.24, 2.45) is 0 Å². The maximum Gasteiger partial charge on any atom is 0.470 e. The summed E-state index contributed by atoms with van der Waals surface area (Å²) in [6.45, 7) is 0.478. The highest BCUT2D eigenvalue weighted by molar-refractivity contribution is 7.46. The normalized spacial score (nSPS) is 16.6. The van der Waals surface area contributed by atoms with Crippen molar-refractivity contribution < 1.29 is 33.8 Å². The van der Waals surface area contributed by atoms with Gasteiger partial charge in [0.2, 0.25) is 0 Å². The molecular formula is C6H14O7P. The Morgan fingerprint density at radius 2 is 1.93 bits per heavy atom. The third kappa shape index (κ3) is 8.58. The molecule has 2 atom stereocenters. The number of hydrogen-bond donors (Lipinski definition) is 3. The van der Waals surface area contributed by atoms with Gasteiger partial charge in [-0.2, -0.15) is 0 Å². The van der Waals surface area contributed by atoms with Gasteiger partial charge in [-0.15, -0.1) is 0 Å². The van der Waals surface area contributed by atoms with Crippen LogP contribution in [-0.2, 0) is 18.9 Å². The molecule has 0 aromatic heterocycles. The molecule has 2 unspecified atom stereocenters. The van der Waals surface area contributed by atoms with Crippen molar-refractivity contribution in [2.45, 2.75) is 19.1 Å². The minimum atomic E-state index is -4.62. The van der Waals surface area contributed by atoms with E-state index in [-0.39, 0.29) is 13.2 Å². The zero-order chi connectivity index (χ0) is 11.2. The molecule has 0 rings (SSSR count). The van der Waals surface area contributed by atoms with Crippen LogP contribution >= 0.6 is 7.82 Å². The lowest BCUT2D eigenvalue weighted by Crippen LogP contribution is -2.24. The second-order valence-corrected chi connectivity index (χ2v) is 3.94. The first-order valence-electron chi connectivity index (χ1n) is 3.93. The molecule has 0 aromatic rings. The third-order valence-corrected chi connectivity index (χ3v) is 1.72. The molecule has 8 heteroatoms. The summed E-state index contributed by atoms with van der Waals surface area (Å²) in [5.41, 5.74) is 0. The quantitative estimate of drug-likeness (QED) is 0.496. The molecule has 1 radical (unpaired) electrons. The summed E-state index contributed by atoms with van der Waals surface area (Å²) >= 11 is 0. The van der Waals surface area contributed by atoms with Crippen molar-refractivity contribution in [3.8, 4) is 0 Å². The second kappa shape index (κ2) is 6.47. The molecule has 0 saturated carbocycles. The standard InChI is InChI=1S/C6H14O7P/c1-5(8)3-12-4-6(2-7)13-14(9,10)11/h5-7H,2-4H2,1H3,(H2,9,10,11). The Morgan fingerprint density at radius 1 is 1.36 bits per heavy atom. The summed E-state index contributed by atoms with van der Waals surface area (Å²) in [4.78, 5) is 16.8. The van der Waals surface area contributed by atoms with Crippen LogP contribution in [0.15, 0.2) is 0 Å². The van der Waals surface area contributed by atoms with Crippen LogP contribution in [0.5, 0.6) is 0 Å². The first kappa shape index (κ1) is 14.0. The van der Waals surface area contributed by atoms with Crippen LogP contribution in [0.25, 0.3) is 0 Å². The highest BCUT2D eigenvalue weighted by Gasteiger charge is 2.21. The molecule has 85 valence electrons. The smallest absolute Gasteiger partial charge is 0.394 e. The van der Waals surface area contributed by atoms with E-state index >= 15 is 0 Å². The number of aliphatic hydroxyl groups excluding tert-OH is 1. The van der Waals surface area contributed by atoms with Crippen LogP contribution < -0.4 is 0 Å². The lowest BCUT2D eigenvalue weighted by Gasteiger charge is -2.15. The number of rotatable bonds is 7. The SMILES string of the molecule is CC([O])COCC(CO)OP(=O)(O)O. The summed E-state index contributed by atoms with van der Waals surface area (Å²) in [6, 6.07) is 0. The lowest BCUT2D eigenvalue weighted by molar-refractivity contribution is -0.0353. The molecule has 0 aliphatic heterocycles. The van der Waals surface area contributed by atoms with Crippen LogP contribution in [-0.4, -0.2) is 46.9 Å². The van der Waals surface area contributed by atoms with Gasteiger partial charge in [-0.1, -0.05) is 0 Å². The van der Waals surface area contributed by atoms with E-state index in [0.717, 1.165) is 0 Å². The molecule has 0 saturated heterocycles. The number of aliphatic hydroxyl groups is 1. The molecule has 0 aromatic carbocycles. The van der Waals surface area contributed by atoms with Crippen molar-refractivity contribution in [3.05, 3.63) is 0 Å². The maximum atomic E-state index is 10.5. The zero-order valence-corrected chi connectivity index (χ0v) is 8.59. The van der Waals surface area contributed by atoms with Gasteiger partial charge in [-0.3, -0.25) is 4.52 Å². The van der Waals surface area contributed by atoms with Gasteiger partial charge in [0, 0.05) is 0 Å². The summed E-state index contributed by atoms with van der Waals surface area (Å²) in [5, 5.41) is 19.1. The summed E-state index contributed by atoms with van der Waals surface area (Å²) < 4.78 is 19.3. The Labute approximate surface area is 81.5 Å². The first-order chi connectivity index (χ1) is 6.35. The maximum absolute atomic E-state index is 10.5.